The first-order valence-electron chi connectivity index (χ1n) is 12.5. The van der Waals surface area contributed by atoms with E-state index in [0.29, 0.717) is 0 Å². The van der Waals surface area contributed by atoms with E-state index in [9.17, 15) is 26.4 Å². The van der Waals surface area contributed by atoms with Crippen molar-refractivity contribution < 1.29 is 44.5 Å². The molecule has 0 saturated heterocycles. The largest absolute Gasteiger partial charge is 0.468 e. The van der Waals surface area contributed by atoms with Crippen molar-refractivity contribution in [3.05, 3.63) is 59.7 Å². The molecule has 0 bridgehead atoms. The fraction of sp³-hybridized carbons (Fsp3) is 0.385. The Balaban J connectivity index is 2.18. The van der Waals surface area contributed by atoms with E-state index in [1.807, 2.05) is 13.8 Å². The molecular weight excluding hydrogens is 629 g/mol. The third-order valence-corrected chi connectivity index (χ3v) is 9.35. The van der Waals surface area contributed by atoms with Crippen LogP contribution in [0.15, 0.2) is 68.6 Å². The van der Waals surface area contributed by atoms with Gasteiger partial charge in [0.2, 0.25) is 0 Å². The number of aryl methyl sites for hydroxylation is 2. The number of carbonyl (C=O) groups excluding carboxylic acids is 2. The van der Waals surface area contributed by atoms with Gasteiger partial charge < -0.3 is 9.47 Å². The molecule has 0 N–H and O–H groups in total. The van der Waals surface area contributed by atoms with Crippen LogP contribution in [0.3, 0.4) is 0 Å². The molecule has 12 nitrogen and oxygen atoms in total. The highest BCUT2D eigenvalue weighted by Gasteiger charge is 2.19. The van der Waals surface area contributed by atoms with E-state index in [0.717, 1.165) is 34.7 Å². The molecule has 42 heavy (non-hydrogen) atoms. The lowest BCUT2D eigenvalue weighted by atomic mass is 10.2. The van der Waals surface area contributed by atoms with E-state index in [-0.39, 0.29) is 57.3 Å². The maximum atomic E-state index is 12.6. The molecule has 0 heterocycles. The van der Waals surface area contributed by atoms with Crippen LogP contribution in [0.1, 0.15) is 37.3 Å². The summed E-state index contributed by atoms with van der Waals surface area (Å²) in [5, 5.41) is 7.88. The SMILES string of the molecule is CCOC(=O)CSC(CCCC(=NOS(=O)(=O)c1ccc(C)cc1)SCC(=O)OC)=NOS(=O)(=O)c1ccc(C)cc1. The minimum absolute atomic E-state index is 0.0906. The first kappa shape index (κ1) is 35.1. The Hall–Kier alpha value is -3.08. The Bertz CT molecular complexity index is 1470. The van der Waals surface area contributed by atoms with Gasteiger partial charge in [0.25, 0.3) is 0 Å². The molecule has 2 rings (SSSR count). The second-order valence-corrected chi connectivity index (χ2v) is 13.6. The first-order chi connectivity index (χ1) is 19.9. The van der Waals surface area contributed by atoms with Crippen LogP contribution in [0.5, 0.6) is 0 Å². The molecule has 0 aliphatic carbocycles. The van der Waals surface area contributed by atoms with Gasteiger partial charge in [-0.15, -0.1) is 0 Å². The summed E-state index contributed by atoms with van der Waals surface area (Å²) < 4.78 is 69.7. The molecule has 0 unspecified atom stereocenters. The van der Waals surface area contributed by atoms with Gasteiger partial charge in [-0.05, 0) is 64.3 Å². The number of benzene rings is 2. The van der Waals surface area contributed by atoms with Crippen molar-refractivity contribution in [2.75, 3.05) is 25.2 Å². The van der Waals surface area contributed by atoms with Crippen molar-refractivity contribution in [2.45, 2.75) is 49.8 Å². The molecule has 2 aromatic carbocycles. The van der Waals surface area contributed by atoms with Gasteiger partial charge in [-0.3, -0.25) is 18.2 Å². The van der Waals surface area contributed by atoms with Crippen LogP contribution in [-0.2, 0) is 47.9 Å². The van der Waals surface area contributed by atoms with Gasteiger partial charge >= 0.3 is 32.2 Å². The smallest absolute Gasteiger partial charge is 0.358 e. The molecule has 16 heteroatoms. The third kappa shape index (κ3) is 12.4. The quantitative estimate of drug-likeness (QED) is 0.115. The summed E-state index contributed by atoms with van der Waals surface area (Å²) in [7, 11) is -7.22. The standard InChI is InChI=1S/C26H32N2O10S4/c1-5-36-26(30)18-40-24(28-38-42(33,34)22-15-11-20(3)12-16-22)8-6-7-23(39-17-25(29)35-4)27-37-41(31,32)21-13-9-19(2)10-14-21/h9-16H,5-8,17-18H2,1-4H3. The molecule has 0 spiro atoms. The normalized spacial score (nSPS) is 12.5. The van der Waals surface area contributed by atoms with E-state index in [2.05, 4.69) is 15.0 Å². The van der Waals surface area contributed by atoms with Crippen molar-refractivity contribution in [1.82, 2.24) is 0 Å². The fourth-order valence-corrected chi connectivity index (χ4v) is 6.01. The summed E-state index contributed by atoms with van der Waals surface area (Å²) in [5.41, 5.74) is 1.72. The van der Waals surface area contributed by atoms with Crippen LogP contribution < -0.4 is 0 Å². The van der Waals surface area contributed by atoms with Crippen LogP contribution >= 0.6 is 23.5 Å². The molecule has 0 aliphatic rings. The number of nitrogens with zero attached hydrogens (tertiary/aromatic N) is 2. The number of oxime groups is 2. The number of thioether (sulfide) groups is 2. The van der Waals surface area contributed by atoms with E-state index in [4.69, 9.17) is 13.3 Å². The number of ether oxygens (including phenoxy) is 2. The Morgan fingerprint density at radius 1 is 0.714 bits per heavy atom. The molecule has 2 aromatic rings. The molecule has 0 saturated carbocycles. The molecule has 0 aromatic heterocycles. The lowest BCUT2D eigenvalue weighted by molar-refractivity contribution is -0.140. The average molecular weight is 661 g/mol. The number of hydrogen-bond acceptors (Lipinski definition) is 14. The van der Waals surface area contributed by atoms with Crippen LogP contribution in [0.2, 0.25) is 0 Å². The maximum Gasteiger partial charge on any atom is 0.358 e. The van der Waals surface area contributed by atoms with Gasteiger partial charge in [0.1, 0.15) is 19.9 Å². The minimum Gasteiger partial charge on any atom is -0.468 e. The van der Waals surface area contributed by atoms with Crippen molar-refractivity contribution in [3.8, 4) is 0 Å². The zero-order valence-electron chi connectivity index (χ0n) is 23.5. The fourth-order valence-electron chi connectivity index (χ4n) is 2.90. The van der Waals surface area contributed by atoms with E-state index >= 15 is 0 Å². The Morgan fingerprint density at radius 2 is 1.12 bits per heavy atom. The van der Waals surface area contributed by atoms with Gasteiger partial charge in [-0.1, -0.05) is 69.2 Å². The lowest BCUT2D eigenvalue weighted by Gasteiger charge is -2.09. The van der Waals surface area contributed by atoms with Crippen LogP contribution in [0, 0.1) is 13.8 Å². The second-order valence-electron chi connectivity index (χ2n) is 8.47. The van der Waals surface area contributed by atoms with Crippen molar-refractivity contribution in [3.63, 3.8) is 0 Å². The van der Waals surface area contributed by atoms with Gasteiger partial charge in [0.05, 0.1) is 25.2 Å². The summed E-state index contributed by atoms with van der Waals surface area (Å²) in [5.74, 6) is -1.38. The number of hydrogen-bond donors (Lipinski definition) is 0. The lowest BCUT2D eigenvalue weighted by Crippen LogP contribution is -2.11. The summed E-state index contributed by atoms with van der Waals surface area (Å²) in [4.78, 5) is 23.4. The van der Waals surface area contributed by atoms with Crippen molar-refractivity contribution in [2.24, 2.45) is 10.3 Å². The van der Waals surface area contributed by atoms with Crippen molar-refractivity contribution in [1.29, 1.82) is 0 Å². The topological polar surface area (TPSA) is 164 Å². The summed E-state index contributed by atoms with van der Waals surface area (Å²) >= 11 is 1.86. The van der Waals surface area contributed by atoms with Crippen LogP contribution in [0.4, 0.5) is 0 Å². The molecule has 0 fully saturated rings. The Kier molecular flexibility index (Phi) is 14.3. The van der Waals surface area contributed by atoms with Crippen LogP contribution in [0.25, 0.3) is 0 Å². The predicted octanol–water partition coefficient (Wildman–Crippen LogP) is 4.41. The molecule has 0 aliphatic heterocycles. The van der Waals surface area contributed by atoms with Crippen LogP contribution in [-0.4, -0.2) is 64.1 Å². The average Bonchev–Trinajstić information content (AvgIpc) is 2.95. The first-order valence-corrected chi connectivity index (χ1v) is 17.3. The highest BCUT2D eigenvalue weighted by atomic mass is 32.2. The molecule has 230 valence electrons. The zero-order valence-corrected chi connectivity index (χ0v) is 26.7. The Labute approximate surface area is 254 Å². The molecule has 0 amide bonds. The maximum absolute atomic E-state index is 12.6. The molecule has 0 atom stereocenters. The summed E-state index contributed by atoms with van der Waals surface area (Å²) in [6.45, 7) is 5.45. The van der Waals surface area contributed by atoms with E-state index < -0.39 is 32.2 Å². The number of carbonyl (C=O) groups is 2. The number of rotatable bonds is 15. The highest BCUT2D eigenvalue weighted by Crippen LogP contribution is 2.21. The predicted molar refractivity (Wildman–Crippen MR) is 161 cm³/mol. The molecular formula is C26H32N2O10S4. The minimum atomic E-state index is -4.22. The van der Waals surface area contributed by atoms with Gasteiger partial charge in [0, 0.05) is 0 Å². The van der Waals surface area contributed by atoms with Gasteiger partial charge in [-0.25, -0.2) is 0 Å². The second kappa shape index (κ2) is 17.1. The van der Waals surface area contributed by atoms with E-state index in [1.54, 1.807) is 31.2 Å². The molecule has 0 radical (unpaired) electrons. The van der Waals surface area contributed by atoms with Gasteiger partial charge in [-0.2, -0.15) is 16.8 Å². The summed E-state index contributed by atoms with van der Waals surface area (Å²) in [6.07, 6.45) is 0.494. The third-order valence-electron chi connectivity index (χ3n) is 5.12. The van der Waals surface area contributed by atoms with E-state index in [1.165, 1.54) is 31.4 Å². The highest BCUT2D eigenvalue weighted by molar-refractivity contribution is 8.14. The number of methoxy groups -OCH3 is 1. The van der Waals surface area contributed by atoms with Gasteiger partial charge in [0.15, 0.2) is 0 Å². The Morgan fingerprint density at radius 3 is 1.50 bits per heavy atom. The zero-order chi connectivity index (χ0) is 31.2. The van der Waals surface area contributed by atoms with Crippen molar-refractivity contribution >= 4 is 65.8 Å². The summed E-state index contributed by atoms with van der Waals surface area (Å²) in [6, 6.07) is 12.0. The monoisotopic (exact) mass is 660 g/mol. The number of esters is 2.